The number of hydrogen-bond acceptors (Lipinski definition) is 4. The van der Waals surface area contributed by atoms with Crippen LogP contribution in [-0.2, 0) is 0 Å². The monoisotopic (exact) mass is 346 g/mol. The first-order valence-electron chi connectivity index (χ1n) is 7.88. The van der Waals surface area contributed by atoms with Gasteiger partial charge in [0.05, 0.1) is 0 Å². The van der Waals surface area contributed by atoms with E-state index in [1.165, 1.54) is 0 Å². The Bertz CT molecular complexity index is 703. The van der Waals surface area contributed by atoms with Crippen LogP contribution in [0.25, 0.3) is 0 Å². The largest absolute Gasteiger partial charge is 0.352 e. The average molecular weight is 347 g/mol. The molecule has 1 amide bonds. The number of nitrogens with one attached hydrogen (secondary N) is 2. The van der Waals surface area contributed by atoms with Gasteiger partial charge in [-0.05, 0) is 69.9 Å². The maximum Gasteiger partial charge on any atom is 0.251 e. The number of nitrogens with zero attached hydrogens (tertiary/aromatic N) is 2. The van der Waals surface area contributed by atoms with Crippen molar-refractivity contribution in [3.05, 3.63) is 52.7 Å². The van der Waals surface area contributed by atoms with Gasteiger partial charge in [0, 0.05) is 29.0 Å². The molecule has 24 heavy (non-hydrogen) atoms. The number of halogens is 1. The molecule has 1 aromatic carbocycles. The number of rotatable bonds is 7. The highest BCUT2D eigenvalue weighted by atomic mass is 35.5. The molecule has 0 fully saturated rings. The minimum absolute atomic E-state index is 0.0907. The number of anilines is 2. The molecule has 0 atom stereocenters. The molecule has 128 valence electrons. The molecule has 0 radical (unpaired) electrons. The highest BCUT2D eigenvalue weighted by Gasteiger charge is 2.07. The van der Waals surface area contributed by atoms with Crippen molar-refractivity contribution in [2.24, 2.45) is 0 Å². The van der Waals surface area contributed by atoms with Crippen molar-refractivity contribution >= 4 is 29.0 Å². The van der Waals surface area contributed by atoms with Gasteiger partial charge in [-0.1, -0.05) is 11.6 Å². The Morgan fingerprint density at radius 3 is 2.75 bits per heavy atom. The van der Waals surface area contributed by atoms with Crippen molar-refractivity contribution in [2.45, 2.75) is 13.3 Å². The summed E-state index contributed by atoms with van der Waals surface area (Å²) in [6, 6.07) is 9.05. The van der Waals surface area contributed by atoms with Crippen LogP contribution in [0.1, 0.15) is 22.3 Å². The lowest BCUT2D eigenvalue weighted by molar-refractivity contribution is 0.0952. The van der Waals surface area contributed by atoms with Crippen LogP contribution >= 0.6 is 11.6 Å². The number of aryl methyl sites for hydroxylation is 1. The van der Waals surface area contributed by atoms with Crippen molar-refractivity contribution < 1.29 is 4.79 Å². The molecule has 6 heteroatoms. The van der Waals surface area contributed by atoms with E-state index in [4.69, 9.17) is 11.6 Å². The van der Waals surface area contributed by atoms with Gasteiger partial charge >= 0.3 is 0 Å². The molecular formula is C18H23ClN4O. The molecule has 0 saturated heterocycles. The predicted octanol–water partition coefficient (Wildman–Crippen LogP) is 3.47. The molecule has 0 aliphatic rings. The smallest absolute Gasteiger partial charge is 0.251 e. The van der Waals surface area contributed by atoms with Crippen LogP contribution in [0.5, 0.6) is 0 Å². The zero-order chi connectivity index (χ0) is 17.5. The number of amides is 1. The molecule has 0 bridgehead atoms. The first-order valence-corrected chi connectivity index (χ1v) is 8.25. The first-order chi connectivity index (χ1) is 11.5. The summed E-state index contributed by atoms with van der Waals surface area (Å²) in [5.41, 5.74) is 2.52. The van der Waals surface area contributed by atoms with E-state index in [-0.39, 0.29) is 5.91 Å². The Kier molecular flexibility index (Phi) is 6.58. The maximum absolute atomic E-state index is 12.2. The zero-order valence-corrected chi connectivity index (χ0v) is 15.0. The van der Waals surface area contributed by atoms with E-state index in [9.17, 15) is 4.79 Å². The third-order valence-electron chi connectivity index (χ3n) is 3.54. The Morgan fingerprint density at radius 2 is 2.04 bits per heavy atom. The van der Waals surface area contributed by atoms with Crippen molar-refractivity contribution in [3.8, 4) is 0 Å². The number of hydrogen-bond donors (Lipinski definition) is 2. The summed E-state index contributed by atoms with van der Waals surface area (Å²) < 4.78 is 0. The van der Waals surface area contributed by atoms with Gasteiger partial charge in [-0.25, -0.2) is 4.98 Å². The molecule has 0 unspecified atom stereocenters. The van der Waals surface area contributed by atoms with Gasteiger partial charge in [0.15, 0.2) is 0 Å². The third kappa shape index (κ3) is 5.51. The average Bonchev–Trinajstić information content (AvgIpc) is 2.54. The molecule has 0 aliphatic heterocycles. The highest BCUT2D eigenvalue weighted by Crippen LogP contribution is 2.22. The SMILES string of the molecule is Cc1cc(Cl)ccc1Nc1cc(C(=O)NCCCN(C)C)ccn1. The third-order valence-corrected chi connectivity index (χ3v) is 3.78. The van der Waals surface area contributed by atoms with Crippen LogP contribution in [0.3, 0.4) is 0 Å². The fourth-order valence-electron chi connectivity index (χ4n) is 2.24. The van der Waals surface area contributed by atoms with E-state index >= 15 is 0 Å². The Hall–Kier alpha value is -2.11. The highest BCUT2D eigenvalue weighted by molar-refractivity contribution is 6.30. The number of carbonyl (C=O) groups is 1. The zero-order valence-electron chi connectivity index (χ0n) is 14.3. The molecule has 0 saturated carbocycles. The normalized spacial score (nSPS) is 10.7. The lowest BCUT2D eigenvalue weighted by Crippen LogP contribution is -2.27. The summed E-state index contributed by atoms with van der Waals surface area (Å²) in [6.07, 6.45) is 2.54. The minimum Gasteiger partial charge on any atom is -0.352 e. The predicted molar refractivity (Wildman–Crippen MR) is 99.2 cm³/mol. The van der Waals surface area contributed by atoms with Gasteiger partial charge < -0.3 is 15.5 Å². The summed E-state index contributed by atoms with van der Waals surface area (Å²) in [6.45, 7) is 3.56. The summed E-state index contributed by atoms with van der Waals surface area (Å²) in [7, 11) is 4.03. The molecule has 1 heterocycles. The molecular weight excluding hydrogens is 324 g/mol. The summed E-state index contributed by atoms with van der Waals surface area (Å²) in [5.74, 6) is 0.536. The molecule has 2 rings (SSSR count). The maximum atomic E-state index is 12.2. The molecule has 2 aromatic rings. The quantitative estimate of drug-likeness (QED) is 0.754. The molecule has 1 aromatic heterocycles. The van der Waals surface area contributed by atoms with Crippen LogP contribution < -0.4 is 10.6 Å². The van der Waals surface area contributed by atoms with E-state index in [0.717, 1.165) is 24.2 Å². The summed E-state index contributed by atoms with van der Waals surface area (Å²) in [5, 5.41) is 6.84. The lowest BCUT2D eigenvalue weighted by Gasteiger charge is -2.11. The summed E-state index contributed by atoms with van der Waals surface area (Å²) in [4.78, 5) is 18.6. The van der Waals surface area contributed by atoms with E-state index in [1.807, 2.05) is 39.2 Å². The second-order valence-electron chi connectivity index (χ2n) is 5.93. The van der Waals surface area contributed by atoms with Gasteiger partial charge in [-0.15, -0.1) is 0 Å². The fourth-order valence-corrected chi connectivity index (χ4v) is 2.47. The van der Waals surface area contributed by atoms with E-state index in [2.05, 4.69) is 20.5 Å². The molecule has 0 spiro atoms. The van der Waals surface area contributed by atoms with Crippen molar-refractivity contribution in [1.82, 2.24) is 15.2 Å². The number of benzene rings is 1. The van der Waals surface area contributed by atoms with Gasteiger partial charge in [0.2, 0.25) is 0 Å². The van der Waals surface area contributed by atoms with E-state index < -0.39 is 0 Å². The van der Waals surface area contributed by atoms with Crippen molar-refractivity contribution in [3.63, 3.8) is 0 Å². The number of pyridine rings is 1. The Labute approximate surface area is 148 Å². The van der Waals surface area contributed by atoms with Crippen LogP contribution in [-0.4, -0.2) is 43.0 Å². The minimum atomic E-state index is -0.0907. The fraction of sp³-hybridized carbons (Fsp3) is 0.333. The van der Waals surface area contributed by atoms with Crippen molar-refractivity contribution in [2.75, 3.05) is 32.5 Å². The second kappa shape index (κ2) is 8.66. The lowest BCUT2D eigenvalue weighted by atomic mass is 10.2. The molecule has 2 N–H and O–H groups in total. The van der Waals surface area contributed by atoms with E-state index in [1.54, 1.807) is 18.3 Å². The van der Waals surface area contributed by atoms with Gasteiger partial charge in [-0.3, -0.25) is 4.79 Å². The number of aromatic nitrogens is 1. The standard InChI is InChI=1S/C18H23ClN4O/c1-13-11-15(19)5-6-16(13)22-17-12-14(7-9-20-17)18(24)21-8-4-10-23(2)3/h5-7,9,11-12H,4,8,10H2,1-3H3,(H,20,22)(H,21,24). The first kappa shape index (κ1) is 18.2. The van der Waals surface area contributed by atoms with Gasteiger partial charge in [-0.2, -0.15) is 0 Å². The van der Waals surface area contributed by atoms with Crippen LogP contribution in [0, 0.1) is 6.92 Å². The molecule has 0 aliphatic carbocycles. The van der Waals surface area contributed by atoms with Crippen LogP contribution in [0.15, 0.2) is 36.5 Å². The Morgan fingerprint density at radius 1 is 1.25 bits per heavy atom. The second-order valence-corrected chi connectivity index (χ2v) is 6.36. The van der Waals surface area contributed by atoms with Crippen LogP contribution in [0.4, 0.5) is 11.5 Å². The van der Waals surface area contributed by atoms with Crippen molar-refractivity contribution in [1.29, 1.82) is 0 Å². The topological polar surface area (TPSA) is 57.3 Å². The molecule has 5 nitrogen and oxygen atoms in total. The number of carbonyl (C=O) groups excluding carboxylic acids is 1. The summed E-state index contributed by atoms with van der Waals surface area (Å²) >= 11 is 5.97. The van der Waals surface area contributed by atoms with Gasteiger partial charge in [0.1, 0.15) is 5.82 Å². The Balaban J connectivity index is 1.99. The van der Waals surface area contributed by atoms with E-state index in [0.29, 0.717) is 22.9 Å². The van der Waals surface area contributed by atoms with Crippen LogP contribution in [0.2, 0.25) is 5.02 Å². The van der Waals surface area contributed by atoms with Gasteiger partial charge in [0.25, 0.3) is 5.91 Å².